The molecule has 5 heteroatoms. The van der Waals surface area contributed by atoms with E-state index in [1.54, 1.807) is 25.2 Å². The molecular weight excluding hydrogens is 234 g/mol. The molecule has 0 heterocycles. The van der Waals surface area contributed by atoms with E-state index in [-0.39, 0.29) is 24.5 Å². The predicted octanol–water partition coefficient (Wildman–Crippen LogP) is 1.41. The second-order valence-corrected chi connectivity index (χ2v) is 3.66. The Morgan fingerprint density at radius 2 is 1.89 bits per heavy atom. The number of carbonyl (C=O) groups is 2. The van der Waals surface area contributed by atoms with Gasteiger partial charge >= 0.3 is 0 Å². The molecule has 0 saturated carbocycles. The number of rotatable bonds is 6. The van der Waals surface area contributed by atoms with Crippen molar-refractivity contribution in [1.82, 2.24) is 5.32 Å². The van der Waals surface area contributed by atoms with Crippen molar-refractivity contribution in [2.24, 2.45) is 0 Å². The van der Waals surface area contributed by atoms with Gasteiger partial charge in [-0.2, -0.15) is 0 Å². The van der Waals surface area contributed by atoms with Gasteiger partial charge in [-0.1, -0.05) is 0 Å². The maximum absolute atomic E-state index is 12.0. The van der Waals surface area contributed by atoms with E-state index in [2.05, 4.69) is 5.32 Å². The zero-order valence-corrected chi connectivity index (χ0v) is 10.8. The smallest absolute Gasteiger partial charge is 0.220 e. The lowest BCUT2D eigenvalue weighted by Gasteiger charge is -2.09. The Hall–Kier alpha value is -2.04. The molecule has 0 saturated heterocycles. The lowest BCUT2D eigenvalue weighted by molar-refractivity contribution is -0.120. The summed E-state index contributed by atoms with van der Waals surface area (Å²) in [5.41, 5.74) is 0.431. The predicted molar refractivity (Wildman–Crippen MR) is 67.2 cm³/mol. The minimum Gasteiger partial charge on any atom is -0.497 e. The van der Waals surface area contributed by atoms with Gasteiger partial charge in [-0.15, -0.1) is 0 Å². The third kappa shape index (κ3) is 3.48. The molecule has 0 unspecified atom stereocenters. The molecule has 98 valence electrons. The minimum atomic E-state index is -0.162. The summed E-state index contributed by atoms with van der Waals surface area (Å²) in [5.74, 6) is 0.761. The molecule has 18 heavy (non-hydrogen) atoms. The lowest BCUT2D eigenvalue weighted by atomic mass is 10.0. The van der Waals surface area contributed by atoms with Gasteiger partial charge in [0.1, 0.15) is 11.5 Å². The zero-order valence-electron chi connectivity index (χ0n) is 10.8. The van der Waals surface area contributed by atoms with Crippen LogP contribution in [-0.2, 0) is 4.79 Å². The Morgan fingerprint density at radius 3 is 2.44 bits per heavy atom. The van der Waals surface area contributed by atoms with Crippen LogP contribution in [0.1, 0.15) is 23.2 Å². The average molecular weight is 251 g/mol. The van der Waals surface area contributed by atoms with Crippen LogP contribution >= 0.6 is 0 Å². The third-order valence-corrected chi connectivity index (χ3v) is 2.57. The van der Waals surface area contributed by atoms with Crippen molar-refractivity contribution in [3.8, 4) is 11.5 Å². The Labute approximate surface area is 106 Å². The van der Waals surface area contributed by atoms with Crippen molar-refractivity contribution in [3.63, 3.8) is 0 Å². The summed E-state index contributed by atoms with van der Waals surface area (Å²) in [6, 6.07) is 5.01. The van der Waals surface area contributed by atoms with Crippen LogP contribution in [0.5, 0.6) is 11.5 Å². The van der Waals surface area contributed by atoms with Crippen LogP contribution in [0.3, 0.4) is 0 Å². The van der Waals surface area contributed by atoms with Gasteiger partial charge in [0.2, 0.25) is 5.91 Å². The fourth-order valence-corrected chi connectivity index (χ4v) is 1.52. The number of nitrogens with one attached hydrogen (secondary N) is 1. The van der Waals surface area contributed by atoms with E-state index in [9.17, 15) is 9.59 Å². The molecule has 0 atom stereocenters. The van der Waals surface area contributed by atoms with Gasteiger partial charge in [0.25, 0.3) is 0 Å². The second-order valence-electron chi connectivity index (χ2n) is 3.66. The second kappa shape index (κ2) is 6.64. The molecule has 0 spiro atoms. The Kier molecular flexibility index (Phi) is 5.17. The summed E-state index contributed by atoms with van der Waals surface area (Å²) in [6.07, 6.45) is 0.304. The molecule has 1 amide bonds. The van der Waals surface area contributed by atoms with E-state index in [1.165, 1.54) is 14.2 Å². The maximum Gasteiger partial charge on any atom is 0.220 e. The van der Waals surface area contributed by atoms with Crippen molar-refractivity contribution >= 4 is 11.7 Å². The van der Waals surface area contributed by atoms with E-state index in [0.29, 0.717) is 17.1 Å². The molecule has 1 N–H and O–H groups in total. The Balaban J connectivity index is 2.85. The summed E-state index contributed by atoms with van der Waals surface area (Å²) < 4.78 is 10.2. The third-order valence-electron chi connectivity index (χ3n) is 2.57. The molecular formula is C13H17NO4. The fraction of sp³-hybridized carbons (Fsp3) is 0.385. The number of carbonyl (C=O) groups excluding carboxylic acids is 2. The van der Waals surface area contributed by atoms with Crippen molar-refractivity contribution in [3.05, 3.63) is 23.8 Å². The first-order chi connectivity index (χ1) is 8.62. The number of Topliss-reactive ketones (excluding diaryl/α,β-unsaturated/α-hetero) is 1. The minimum absolute atomic E-state index is 0.142. The van der Waals surface area contributed by atoms with Crippen LogP contribution in [-0.4, -0.2) is 33.0 Å². The first kappa shape index (κ1) is 14.0. The first-order valence-corrected chi connectivity index (χ1v) is 5.58. The molecule has 1 rings (SSSR count). The number of hydrogen-bond donors (Lipinski definition) is 1. The molecule has 0 aliphatic heterocycles. The molecule has 1 aromatic rings. The highest BCUT2D eigenvalue weighted by molar-refractivity contribution is 6.00. The van der Waals surface area contributed by atoms with Gasteiger partial charge in [-0.05, 0) is 18.2 Å². The molecule has 1 aromatic carbocycles. The van der Waals surface area contributed by atoms with Crippen molar-refractivity contribution in [2.45, 2.75) is 12.8 Å². The van der Waals surface area contributed by atoms with E-state index < -0.39 is 0 Å². The summed E-state index contributed by atoms with van der Waals surface area (Å²) >= 11 is 0. The van der Waals surface area contributed by atoms with E-state index >= 15 is 0 Å². The Bertz CT molecular complexity index is 443. The van der Waals surface area contributed by atoms with Crippen LogP contribution in [0, 0.1) is 0 Å². The van der Waals surface area contributed by atoms with Crippen molar-refractivity contribution in [1.29, 1.82) is 0 Å². The summed E-state index contributed by atoms with van der Waals surface area (Å²) in [4.78, 5) is 23.1. The molecule has 0 aliphatic rings. The van der Waals surface area contributed by atoms with Crippen LogP contribution in [0.25, 0.3) is 0 Å². The normalized spacial score (nSPS) is 9.72. The van der Waals surface area contributed by atoms with Gasteiger partial charge in [0.15, 0.2) is 5.78 Å². The van der Waals surface area contributed by atoms with Gasteiger partial charge in [0, 0.05) is 19.9 Å². The lowest BCUT2D eigenvalue weighted by Crippen LogP contribution is -2.18. The number of ketones is 1. The van der Waals surface area contributed by atoms with Gasteiger partial charge < -0.3 is 14.8 Å². The summed E-state index contributed by atoms with van der Waals surface area (Å²) in [5, 5.41) is 2.48. The van der Waals surface area contributed by atoms with Crippen LogP contribution < -0.4 is 14.8 Å². The van der Waals surface area contributed by atoms with Crippen molar-refractivity contribution in [2.75, 3.05) is 21.3 Å². The molecule has 0 radical (unpaired) electrons. The fourth-order valence-electron chi connectivity index (χ4n) is 1.52. The highest BCUT2D eigenvalue weighted by atomic mass is 16.5. The molecule has 0 aliphatic carbocycles. The standard InChI is InChI=1S/C13H17NO4/c1-14-13(16)7-5-11(15)10-8-9(17-2)4-6-12(10)18-3/h4,6,8H,5,7H2,1-3H3,(H,14,16). The highest BCUT2D eigenvalue weighted by Gasteiger charge is 2.14. The van der Waals surface area contributed by atoms with Gasteiger partial charge in [-0.25, -0.2) is 0 Å². The zero-order chi connectivity index (χ0) is 13.5. The van der Waals surface area contributed by atoms with Crippen molar-refractivity contribution < 1.29 is 19.1 Å². The summed E-state index contributed by atoms with van der Waals surface area (Å²) in [7, 11) is 4.57. The maximum atomic E-state index is 12.0. The quantitative estimate of drug-likeness (QED) is 0.776. The summed E-state index contributed by atoms with van der Waals surface area (Å²) in [6.45, 7) is 0. The van der Waals surface area contributed by atoms with Crippen LogP contribution in [0.15, 0.2) is 18.2 Å². The Morgan fingerprint density at radius 1 is 1.17 bits per heavy atom. The van der Waals surface area contributed by atoms with Gasteiger partial charge in [-0.3, -0.25) is 9.59 Å². The van der Waals surface area contributed by atoms with Crippen LogP contribution in [0.4, 0.5) is 0 Å². The molecule has 0 bridgehead atoms. The van der Waals surface area contributed by atoms with E-state index in [0.717, 1.165) is 0 Å². The average Bonchev–Trinajstić information content (AvgIpc) is 2.43. The topological polar surface area (TPSA) is 64.6 Å². The van der Waals surface area contributed by atoms with E-state index in [1.807, 2.05) is 0 Å². The number of ether oxygens (including phenoxy) is 2. The SMILES string of the molecule is CNC(=O)CCC(=O)c1cc(OC)ccc1OC. The molecule has 0 aromatic heterocycles. The van der Waals surface area contributed by atoms with Crippen LogP contribution in [0.2, 0.25) is 0 Å². The largest absolute Gasteiger partial charge is 0.497 e. The number of amides is 1. The highest BCUT2D eigenvalue weighted by Crippen LogP contribution is 2.25. The number of methoxy groups -OCH3 is 2. The number of hydrogen-bond acceptors (Lipinski definition) is 4. The van der Waals surface area contributed by atoms with Gasteiger partial charge in [0.05, 0.1) is 19.8 Å². The molecule has 5 nitrogen and oxygen atoms in total. The first-order valence-electron chi connectivity index (χ1n) is 5.58. The number of benzene rings is 1. The monoisotopic (exact) mass is 251 g/mol. The van der Waals surface area contributed by atoms with E-state index in [4.69, 9.17) is 9.47 Å². The molecule has 0 fully saturated rings.